The second kappa shape index (κ2) is 8.74. The highest BCUT2D eigenvalue weighted by Crippen LogP contribution is 2.38. The van der Waals surface area contributed by atoms with Crippen LogP contribution in [0.4, 0.5) is 5.69 Å². The molecular formula is C26H26N2O3. The van der Waals surface area contributed by atoms with Crippen LogP contribution in [-0.4, -0.2) is 22.3 Å². The Balaban J connectivity index is 1.71. The minimum absolute atomic E-state index is 0.0405. The van der Waals surface area contributed by atoms with Crippen molar-refractivity contribution in [1.29, 1.82) is 0 Å². The van der Waals surface area contributed by atoms with Gasteiger partial charge in [-0.25, -0.2) is 5.06 Å². The second-order valence-corrected chi connectivity index (χ2v) is 8.24. The van der Waals surface area contributed by atoms with Crippen molar-refractivity contribution in [3.8, 4) is 0 Å². The molecule has 158 valence electrons. The van der Waals surface area contributed by atoms with E-state index in [9.17, 15) is 9.59 Å². The van der Waals surface area contributed by atoms with Crippen LogP contribution in [0.1, 0.15) is 47.8 Å². The van der Waals surface area contributed by atoms with Crippen LogP contribution in [0.15, 0.2) is 84.9 Å². The van der Waals surface area contributed by atoms with E-state index in [1.807, 2.05) is 86.6 Å². The van der Waals surface area contributed by atoms with Gasteiger partial charge < -0.3 is 5.32 Å². The molecule has 3 aromatic carbocycles. The Kier molecular flexibility index (Phi) is 5.87. The molecule has 1 unspecified atom stereocenters. The summed E-state index contributed by atoms with van der Waals surface area (Å²) in [6.07, 6.45) is 0.124. The smallest absolute Gasteiger partial charge is 0.271 e. The van der Waals surface area contributed by atoms with E-state index in [0.29, 0.717) is 5.56 Å². The summed E-state index contributed by atoms with van der Waals surface area (Å²) in [5.41, 5.74) is 2.37. The van der Waals surface area contributed by atoms with Crippen LogP contribution in [0.2, 0.25) is 0 Å². The monoisotopic (exact) mass is 414 g/mol. The Labute approximate surface area is 182 Å². The molecule has 0 aromatic heterocycles. The zero-order valence-electron chi connectivity index (χ0n) is 17.7. The number of hydroxylamine groups is 2. The van der Waals surface area contributed by atoms with Gasteiger partial charge >= 0.3 is 0 Å². The van der Waals surface area contributed by atoms with Gasteiger partial charge in [-0.3, -0.25) is 14.4 Å². The third kappa shape index (κ3) is 4.52. The van der Waals surface area contributed by atoms with Gasteiger partial charge in [-0.15, -0.1) is 0 Å². The van der Waals surface area contributed by atoms with E-state index in [-0.39, 0.29) is 24.7 Å². The fourth-order valence-electron chi connectivity index (χ4n) is 3.81. The highest BCUT2D eigenvalue weighted by atomic mass is 16.7. The van der Waals surface area contributed by atoms with Crippen molar-refractivity contribution in [1.82, 2.24) is 5.06 Å². The lowest BCUT2D eigenvalue weighted by atomic mass is 9.96. The van der Waals surface area contributed by atoms with Crippen molar-refractivity contribution < 1.29 is 14.4 Å². The lowest BCUT2D eigenvalue weighted by Crippen LogP contribution is -2.49. The summed E-state index contributed by atoms with van der Waals surface area (Å²) >= 11 is 0. The van der Waals surface area contributed by atoms with Crippen LogP contribution in [0.3, 0.4) is 0 Å². The van der Waals surface area contributed by atoms with Crippen molar-refractivity contribution in [3.05, 3.63) is 102 Å². The summed E-state index contributed by atoms with van der Waals surface area (Å²) in [6.45, 7) is 3.89. The predicted molar refractivity (Wildman–Crippen MR) is 120 cm³/mol. The fourth-order valence-corrected chi connectivity index (χ4v) is 3.81. The number of carbonyl (C=O) groups excluding carboxylic acids is 2. The van der Waals surface area contributed by atoms with Crippen LogP contribution >= 0.6 is 0 Å². The first kappa shape index (κ1) is 20.8. The Morgan fingerprint density at radius 3 is 2.26 bits per heavy atom. The third-order valence-electron chi connectivity index (χ3n) is 5.47. The number of Topliss-reactive ketones (excluding diaryl/α,β-unsaturated/α-hetero) is 1. The van der Waals surface area contributed by atoms with Crippen molar-refractivity contribution in [2.45, 2.75) is 38.5 Å². The SMILES string of the molecule is CC1(C)Nc2ccccc2C(CC(=O)c2ccccc2)N(OCc2ccccc2)C1=O. The zero-order valence-corrected chi connectivity index (χ0v) is 17.7. The van der Waals surface area contributed by atoms with Crippen LogP contribution in [0, 0.1) is 0 Å². The zero-order chi connectivity index (χ0) is 21.8. The maximum absolute atomic E-state index is 13.5. The van der Waals surface area contributed by atoms with Gasteiger partial charge in [0.1, 0.15) is 12.1 Å². The van der Waals surface area contributed by atoms with E-state index in [1.165, 1.54) is 5.06 Å². The Morgan fingerprint density at radius 1 is 0.935 bits per heavy atom. The molecule has 0 saturated heterocycles. The Hall–Kier alpha value is -3.44. The number of carbonyl (C=O) groups is 2. The number of rotatable bonds is 6. The molecule has 3 aromatic rings. The quantitative estimate of drug-likeness (QED) is 0.566. The standard InChI is InChI=1S/C26H26N2O3/c1-26(2)25(30)28(31-18-19-11-5-3-6-12-19)23(21-15-9-10-16-22(21)27-26)17-24(29)20-13-7-4-8-14-20/h3-16,23,27H,17-18H2,1-2H3. The molecule has 31 heavy (non-hydrogen) atoms. The van der Waals surface area contributed by atoms with Gasteiger partial charge in [0.25, 0.3) is 5.91 Å². The summed E-state index contributed by atoms with van der Waals surface area (Å²) in [4.78, 5) is 32.7. The first-order valence-electron chi connectivity index (χ1n) is 10.4. The molecule has 1 atom stereocenters. The molecule has 1 aliphatic rings. The van der Waals surface area contributed by atoms with E-state index in [2.05, 4.69) is 5.32 Å². The summed E-state index contributed by atoms with van der Waals surface area (Å²) in [5.74, 6) is -0.258. The van der Waals surface area contributed by atoms with Crippen molar-refractivity contribution in [3.63, 3.8) is 0 Å². The van der Waals surface area contributed by atoms with Gasteiger partial charge in [0.05, 0.1) is 6.04 Å². The normalized spacial score (nSPS) is 17.4. The lowest BCUT2D eigenvalue weighted by molar-refractivity contribution is -0.209. The molecule has 5 heteroatoms. The molecule has 1 aliphatic heterocycles. The number of amides is 1. The topological polar surface area (TPSA) is 58.6 Å². The van der Waals surface area contributed by atoms with Crippen molar-refractivity contribution in [2.75, 3.05) is 5.32 Å². The minimum atomic E-state index is -0.892. The average Bonchev–Trinajstić information content (AvgIpc) is 2.86. The number of hydrogen-bond acceptors (Lipinski definition) is 4. The molecule has 0 aliphatic carbocycles. The predicted octanol–water partition coefficient (Wildman–Crippen LogP) is 5.17. The molecular weight excluding hydrogens is 388 g/mol. The number of ketones is 1. The number of nitrogens with zero attached hydrogens (tertiary/aromatic N) is 1. The summed E-state index contributed by atoms with van der Waals surface area (Å²) in [7, 11) is 0. The molecule has 0 radical (unpaired) electrons. The van der Waals surface area contributed by atoms with Crippen LogP contribution in [0.25, 0.3) is 0 Å². The van der Waals surface area contributed by atoms with Gasteiger partial charge in [-0.1, -0.05) is 78.9 Å². The molecule has 4 rings (SSSR count). The number of hydrogen-bond donors (Lipinski definition) is 1. The van der Waals surface area contributed by atoms with Crippen molar-refractivity contribution in [2.24, 2.45) is 0 Å². The van der Waals surface area contributed by atoms with Crippen molar-refractivity contribution >= 4 is 17.4 Å². The lowest BCUT2D eigenvalue weighted by Gasteiger charge is -2.33. The van der Waals surface area contributed by atoms with E-state index in [0.717, 1.165) is 16.8 Å². The number of anilines is 1. The number of nitrogens with one attached hydrogen (secondary N) is 1. The first-order chi connectivity index (χ1) is 15.0. The highest BCUT2D eigenvalue weighted by molar-refractivity contribution is 5.97. The van der Waals surface area contributed by atoms with Crippen LogP contribution < -0.4 is 5.32 Å². The first-order valence-corrected chi connectivity index (χ1v) is 10.4. The van der Waals surface area contributed by atoms with E-state index >= 15 is 0 Å². The van der Waals surface area contributed by atoms with Gasteiger partial charge in [0, 0.05) is 23.2 Å². The van der Waals surface area contributed by atoms with E-state index in [4.69, 9.17) is 4.84 Å². The molecule has 1 N–H and O–H groups in total. The summed E-state index contributed by atoms with van der Waals surface area (Å²) < 4.78 is 0. The van der Waals surface area contributed by atoms with Crippen LogP contribution in [-0.2, 0) is 16.2 Å². The minimum Gasteiger partial charge on any atom is -0.371 e. The highest BCUT2D eigenvalue weighted by Gasteiger charge is 2.42. The molecule has 0 bridgehead atoms. The van der Waals surface area contributed by atoms with Gasteiger partial charge in [-0.05, 0) is 25.5 Å². The number of benzene rings is 3. The third-order valence-corrected chi connectivity index (χ3v) is 5.47. The number of fused-ring (bicyclic) bond motifs is 1. The van der Waals surface area contributed by atoms with Gasteiger partial charge in [0.15, 0.2) is 5.78 Å². The van der Waals surface area contributed by atoms with Gasteiger partial charge in [-0.2, -0.15) is 0 Å². The maximum Gasteiger partial charge on any atom is 0.271 e. The summed E-state index contributed by atoms with van der Waals surface area (Å²) in [6, 6.07) is 26.0. The van der Waals surface area contributed by atoms with E-state index < -0.39 is 11.6 Å². The Morgan fingerprint density at radius 2 is 1.55 bits per heavy atom. The second-order valence-electron chi connectivity index (χ2n) is 8.24. The molecule has 1 heterocycles. The molecule has 0 saturated carbocycles. The molecule has 0 spiro atoms. The van der Waals surface area contributed by atoms with E-state index in [1.54, 1.807) is 12.1 Å². The van der Waals surface area contributed by atoms with Crippen LogP contribution in [0.5, 0.6) is 0 Å². The largest absolute Gasteiger partial charge is 0.371 e. The molecule has 1 amide bonds. The Bertz CT molecular complexity index is 1060. The van der Waals surface area contributed by atoms with Gasteiger partial charge in [0.2, 0.25) is 0 Å². The molecule has 5 nitrogen and oxygen atoms in total. The summed E-state index contributed by atoms with van der Waals surface area (Å²) in [5, 5.41) is 4.73. The average molecular weight is 415 g/mol. The number of para-hydroxylation sites is 1. The fraction of sp³-hybridized carbons (Fsp3) is 0.231. The maximum atomic E-state index is 13.5. The molecule has 0 fully saturated rings.